The van der Waals surface area contributed by atoms with Crippen molar-refractivity contribution in [3.05, 3.63) is 41.9 Å². The van der Waals surface area contributed by atoms with Crippen LogP contribution in [0.2, 0.25) is 0 Å². The zero-order valence-electron chi connectivity index (χ0n) is 17.8. The average Bonchev–Trinajstić information content (AvgIpc) is 3.06. The number of unbranched alkanes of at least 4 members (excludes halogenated alkanes) is 1. The molecule has 6 nitrogen and oxygen atoms in total. The summed E-state index contributed by atoms with van der Waals surface area (Å²) in [5, 5.41) is 8.22. The summed E-state index contributed by atoms with van der Waals surface area (Å²) in [6, 6.07) is 2.12. The van der Waals surface area contributed by atoms with Crippen LogP contribution < -0.4 is 16.4 Å². The number of hydrogen-bond acceptors (Lipinski definition) is 5. The summed E-state index contributed by atoms with van der Waals surface area (Å²) < 4.78 is 2.44. The van der Waals surface area contributed by atoms with Crippen LogP contribution in [0.4, 0.5) is 0 Å². The summed E-state index contributed by atoms with van der Waals surface area (Å²) in [6.07, 6.45) is 10.4. The van der Waals surface area contributed by atoms with E-state index in [0.29, 0.717) is 0 Å². The Morgan fingerprint density at radius 1 is 1.28 bits per heavy atom. The van der Waals surface area contributed by atoms with E-state index in [9.17, 15) is 0 Å². The highest BCUT2D eigenvalue weighted by molar-refractivity contribution is 5.94. The van der Waals surface area contributed by atoms with Gasteiger partial charge in [-0.25, -0.2) is 0 Å². The average molecular weight is 397 g/mol. The molecule has 0 bridgehead atoms. The molecule has 1 saturated heterocycles. The lowest BCUT2D eigenvalue weighted by Crippen LogP contribution is -2.44. The Morgan fingerprint density at radius 2 is 2.10 bits per heavy atom. The molecule has 3 heterocycles. The van der Waals surface area contributed by atoms with Crippen LogP contribution in [0.5, 0.6) is 0 Å². The first-order valence-electron chi connectivity index (χ1n) is 10.9. The maximum atomic E-state index is 5.61. The third-order valence-corrected chi connectivity index (χ3v) is 5.61. The lowest BCUT2D eigenvalue weighted by molar-refractivity contribution is 0.233. The summed E-state index contributed by atoms with van der Waals surface area (Å²) in [5.41, 5.74) is 10.4. The van der Waals surface area contributed by atoms with Crippen LogP contribution in [-0.2, 0) is 13.1 Å². The van der Waals surface area contributed by atoms with E-state index < -0.39 is 0 Å². The van der Waals surface area contributed by atoms with Gasteiger partial charge >= 0.3 is 0 Å². The van der Waals surface area contributed by atoms with Gasteiger partial charge in [-0.2, -0.15) is 0 Å². The van der Waals surface area contributed by atoms with E-state index in [2.05, 4.69) is 51.8 Å². The highest BCUT2D eigenvalue weighted by Crippen LogP contribution is 2.30. The van der Waals surface area contributed by atoms with Crippen molar-refractivity contribution >= 4 is 23.1 Å². The number of piperazine rings is 1. The van der Waals surface area contributed by atoms with Gasteiger partial charge in [0.1, 0.15) is 0 Å². The number of allylic oxidation sites excluding steroid dienone is 1. The molecule has 1 aliphatic rings. The monoisotopic (exact) mass is 396 g/mol. The summed E-state index contributed by atoms with van der Waals surface area (Å²) in [5.74, 6) is 0. The first-order valence-corrected chi connectivity index (χ1v) is 10.9. The van der Waals surface area contributed by atoms with Gasteiger partial charge in [0, 0.05) is 68.7 Å². The van der Waals surface area contributed by atoms with Gasteiger partial charge < -0.3 is 20.9 Å². The van der Waals surface area contributed by atoms with Crippen molar-refractivity contribution in [2.75, 3.05) is 45.8 Å². The van der Waals surface area contributed by atoms with E-state index >= 15 is 0 Å². The largest absolute Gasteiger partial charge is 0.338 e. The van der Waals surface area contributed by atoms with Crippen molar-refractivity contribution in [2.24, 2.45) is 5.73 Å². The Bertz CT molecular complexity index is 816. The minimum Gasteiger partial charge on any atom is -0.338 e. The predicted octanol–water partition coefficient (Wildman–Crippen LogP) is 2.45. The molecule has 3 rings (SSSR count). The van der Waals surface area contributed by atoms with Crippen molar-refractivity contribution < 1.29 is 0 Å². The highest BCUT2D eigenvalue weighted by atomic mass is 15.2. The van der Waals surface area contributed by atoms with Gasteiger partial charge in [-0.05, 0) is 45.0 Å². The molecular formula is C23H36N6. The molecule has 158 valence electrons. The van der Waals surface area contributed by atoms with E-state index in [-0.39, 0.29) is 0 Å². The molecule has 0 radical (unpaired) electrons. The van der Waals surface area contributed by atoms with Gasteiger partial charge in [0.15, 0.2) is 0 Å². The Labute approximate surface area is 174 Å². The minimum absolute atomic E-state index is 0.750. The number of nitrogens with two attached hydrogens (primary N) is 1. The fourth-order valence-corrected chi connectivity index (χ4v) is 4.11. The standard InChI is InChI=1S/C23H36N6/c1-3-7-22-19(4-2)20-8-11-27-21(18-26-10-6-5-9-24)23(20)29(22)17-16-28-14-12-25-13-15-28/h3-4,7-8,11,25-26H,2,5-6,9-10,12-18,24H2,1H3/b7-3-. The molecule has 0 aliphatic carbocycles. The second kappa shape index (κ2) is 11.3. The number of hydrogen-bond donors (Lipinski definition) is 3. The molecule has 0 spiro atoms. The van der Waals surface area contributed by atoms with Gasteiger partial charge in [0.2, 0.25) is 0 Å². The van der Waals surface area contributed by atoms with Gasteiger partial charge in [0.05, 0.1) is 11.2 Å². The van der Waals surface area contributed by atoms with Gasteiger partial charge in [-0.1, -0.05) is 18.7 Å². The van der Waals surface area contributed by atoms with Crippen LogP contribution in [0.25, 0.3) is 23.1 Å². The zero-order chi connectivity index (χ0) is 20.5. The van der Waals surface area contributed by atoms with Crippen LogP contribution in [0, 0.1) is 0 Å². The second-order valence-corrected chi connectivity index (χ2v) is 7.57. The summed E-state index contributed by atoms with van der Waals surface area (Å²) >= 11 is 0. The Balaban J connectivity index is 1.91. The number of nitrogens with one attached hydrogen (secondary N) is 2. The van der Waals surface area contributed by atoms with Crippen molar-refractivity contribution in [2.45, 2.75) is 32.9 Å². The first-order chi connectivity index (χ1) is 14.3. The molecule has 29 heavy (non-hydrogen) atoms. The smallest absolute Gasteiger partial charge is 0.0784 e. The Kier molecular flexibility index (Phi) is 8.43. The fraction of sp³-hybridized carbons (Fsp3) is 0.522. The molecule has 6 heteroatoms. The SMILES string of the molecule is C=Cc1c(/C=C\C)n(CCN2CCNCC2)c2c(CNCCCCN)nccc12. The van der Waals surface area contributed by atoms with E-state index in [0.717, 1.165) is 77.4 Å². The first kappa shape index (κ1) is 21.7. The lowest BCUT2D eigenvalue weighted by atomic mass is 10.1. The van der Waals surface area contributed by atoms with Gasteiger partial charge in [-0.3, -0.25) is 9.88 Å². The molecule has 0 amide bonds. The number of fused-ring (bicyclic) bond motifs is 1. The van der Waals surface area contributed by atoms with Crippen LogP contribution in [0.3, 0.4) is 0 Å². The number of aromatic nitrogens is 2. The molecule has 1 fully saturated rings. The quantitative estimate of drug-likeness (QED) is 0.509. The molecular weight excluding hydrogens is 360 g/mol. The molecule has 0 aromatic carbocycles. The maximum absolute atomic E-state index is 5.61. The van der Waals surface area contributed by atoms with E-state index in [1.807, 2.05) is 12.3 Å². The third kappa shape index (κ3) is 5.34. The second-order valence-electron chi connectivity index (χ2n) is 7.57. The number of pyridine rings is 1. The van der Waals surface area contributed by atoms with E-state index in [1.54, 1.807) is 0 Å². The molecule has 4 N–H and O–H groups in total. The Hall–Kier alpha value is -1.99. The van der Waals surface area contributed by atoms with E-state index in [1.165, 1.54) is 22.2 Å². The molecule has 1 aliphatic heterocycles. The van der Waals surface area contributed by atoms with Crippen LogP contribution in [0.1, 0.15) is 36.7 Å². The van der Waals surface area contributed by atoms with Crippen molar-refractivity contribution in [3.63, 3.8) is 0 Å². The zero-order valence-corrected chi connectivity index (χ0v) is 17.8. The topological polar surface area (TPSA) is 71.1 Å². The Morgan fingerprint density at radius 3 is 2.83 bits per heavy atom. The molecule has 0 unspecified atom stereocenters. The summed E-state index contributed by atoms with van der Waals surface area (Å²) in [4.78, 5) is 7.28. The molecule has 0 atom stereocenters. The number of nitrogens with zero attached hydrogens (tertiary/aromatic N) is 3. The van der Waals surface area contributed by atoms with Crippen molar-refractivity contribution in [1.29, 1.82) is 0 Å². The van der Waals surface area contributed by atoms with Crippen LogP contribution >= 0.6 is 0 Å². The third-order valence-electron chi connectivity index (χ3n) is 5.61. The highest BCUT2D eigenvalue weighted by Gasteiger charge is 2.18. The summed E-state index contributed by atoms with van der Waals surface area (Å²) in [6.45, 7) is 15.0. The van der Waals surface area contributed by atoms with Crippen LogP contribution in [0.15, 0.2) is 24.9 Å². The molecule has 2 aromatic heterocycles. The number of rotatable bonds is 11. The molecule has 2 aromatic rings. The maximum Gasteiger partial charge on any atom is 0.0784 e. The fourth-order valence-electron chi connectivity index (χ4n) is 4.11. The minimum atomic E-state index is 0.750. The lowest BCUT2D eigenvalue weighted by Gasteiger charge is -2.27. The van der Waals surface area contributed by atoms with Gasteiger partial charge in [-0.15, -0.1) is 0 Å². The van der Waals surface area contributed by atoms with Crippen molar-refractivity contribution in [1.82, 2.24) is 25.1 Å². The normalized spacial score (nSPS) is 15.5. The molecule has 0 saturated carbocycles. The van der Waals surface area contributed by atoms with Gasteiger partial charge in [0.25, 0.3) is 0 Å². The van der Waals surface area contributed by atoms with Crippen molar-refractivity contribution in [3.8, 4) is 0 Å². The van der Waals surface area contributed by atoms with E-state index in [4.69, 9.17) is 10.7 Å². The summed E-state index contributed by atoms with van der Waals surface area (Å²) in [7, 11) is 0. The van der Waals surface area contributed by atoms with Crippen LogP contribution in [-0.4, -0.2) is 60.3 Å². The predicted molar refractivity (Wildman–Crippen MR) is 124 cm³/mol.